The fourth-order valence-corrected chi connectivity index (χ4v) is 11.3. The lowest BCUT2D eigenvalue weighted by Gasteiger charge is -2.38. The predicted octanol–water partition coefficient (Wildman–Crippen LogP) is 2.72. The van der Waals surface area contributed by atoms with Gasteiger partial charge >= 0.3 is 0 Å². The number of aromatic nitrogens is 2. The van der Waals surface area contributed by atoms with Gasteiger partial charge in [0.25, 0.3) is 0 Å². The first kappa shape index (κ1) is 43.5. The molecule has 340 valence electrons. The summed E-state index contributed by atoms with van der Waals surface area (Å²) < 4.78 is 5.25. The molecular weight excluding hydrogens is 815 g/mol. The van der Waals surface area contributed by atoms with Crippen molar-refractivity contribution in [1.82, 2.24) is 46.4 Å². The molecule has 5 aliphatic rings. The molecule has 7 atom stereocenters. The van der Waals surface area contributed by atoms with Gasteiger partial charge in [0.1, 0.15) is 35.7 Å². The van der Waals surface area contributed by atoms with Crippen LogP contribution in [0.3, 0.4) is 0 Å². The lowest BCUT2D eigenvalue weighted by molar-refractivity contribution is -0.150. The largest absolute Gasteiger partial charge is 0.383 e. The summed E-state index contributed by atoms with van der Waals surface area (Å²) in [7, 11) is 1.58. The molecule has 64 heavy (non-hydrogen) atoms. The first-order valence-electron chi connectivity index (χ1n) is 23.3. The Hall–Kier alpha value is -5.74. The zero-order chi connectivity index (χ0) is 44.4. The molecule has 3 aliphatic heterocycles. The van der Waals surface area contributed by atoms with Crippen molar-refractivity contribution in [2.75, 3.05) is 33.4 Å². The van der Waals surface area contributed by atoms with Crippen molar-refractivity contribution in [3.05, 3.63) is 72.1 Å². The SMILES string of the molecule is COCCNCC1NC(=O)C(Cc2c[nH]c3ccccc23)NC(=O)C2(CCCC2)NC(=O)C(Cc2c[nH]c3ccccc23)NC(=O)C2CC3CCCCC3N2C(=O)C2CCCN2C1=O. The number of para-hydroxylation sites is 2. The second-order valence-electron chi connectivity index (χ2n) is 18.5. The van der Waals surface area contributed by atoms with E-state index in [4.69, 9.17) is 4.74 Å². The topological polar surface area (TPSA) is 210 Å². The minimum Gasteiger partial charge on any atom is -0.383 e. The number of hydrogen-bond acceptors (Lipinski definition) is 8. The Kier molecular flexibility index (Phi) is 12.8. The Labute approximate surface area is 372 Å². The molecule has 2 aliphatic carbocycles. The summed E-state index contributed by atoms with van der Waals surface area (Å²) in [6, 6.07) is 10.2. The molecule has 9 rings (SSSR count). The molecule has 7 unspecified atom stereocenters. The number of nitrogens with zero attached hydrogens (tertiary/aromatic N) is 2. The summed E-state index contributed by atoms with van der Waals surface area (Å²) in [5.41, 5.74) is 1.98. The zero-order valence-electron chi connectivity index (χ0n) is 36.6. The maximum Gasteiger partial charge on any atom is 0.247 e. The Balaban J connectivity index is 1.11. The number of H-pyrrole nitrogens is 2. The molecule has 0 radical (unpaired) electrons. The molecule has 5 fully saturated rings. The second-order valence-corrected chi connectivity index (χ2v) is 18.5. The van der Waals surface area contributed by atoms with Gasteiger partial charge in [-0.25, -0.2) is 0 Å². The average molecular weight is 876 g/mol. The summed E-state index contributed by atoms with van der Waals surface area (Å²) in [5, 5.41) is 17.3. The number of amides is 6. The van der Waals surface area contributed by atoms with E-state index in [-0.39, 0.29) is 37.3 Å². The van der Waals surface area contributed by atoms with E-state index in [0.717, 1.165) is 58.6 Å². The fraction of sp³-hybridized carbons (Fsp3) is 0.542. The van der Waals surface area contributed by atoms with Crippen LogP contribution in [0.1, 0.15) is 81.8 Å². The van der Waals surface area contributed by atoms with Gasteiger partial charge in [-0.05, 0) is 74.1 Å². The Morgan fingerprint density at radius 2 is 1.33 bits per heavy atom. The van der Waals surface area contributed by atoms with Gasteiger partial charge in [-0.3, -0.25) is 28.8 Å². The molecule has 16 heteroatoms. The van der Waals surface area contributed by atoms with Gasteiger partial charge in [0.05, 0.1) is 6.61 Å². The minimum atomic E-state index is -1.38. The van der Waals surface area contributed by atoms with Crippen molar-refractivity contribution in [1.29, 1.82) is 0 Å². The summed E-state index contributed by atoms with van der Waals surface area (Å²) in [6.45, 7) is 1.14. The van der Waals surface area contributed by atoms with Crippen LogP contribution in [-0.2, 0) is 46.3 Å². The number of carbonyl (C=O) groups is 6. The predicted molar refractivity (Wildman–Crippen MR) is 240 cm³/mol. The Morgan fingerprint density at radius 3 is 2.02 bits per heavy atom. The number of methoxy groups -OCH3 is 1. The van der Waals surface area contributed by atoms with Crippen molar-refractivity contribution >= 4 is 57.2 Å². The molecule has 16 nitrogen and oxygen atoms in total. The Morgan fingerprint density at radius 1 is 0.688 bits per heavy atom. The van der Waals surface area contributed by atoms with E-state index in [0.29, 0.717) is 64.6 Å². The van der Waals surface area contributed by atoms with Gasteiger partial charge in [0.15, 0.2) is 0 Å². The Bertz CT molecular complexity index is 2390. The lowest BCUT2D eigenvalue weighted by Crippen LogP contribution is -2.66. The molecule has 2 aromatic carbocycles. The van der Waals surface area contributed by atoms with Crippen LogP contribution in [0.5, 0.6) is 0 Å². The number of ether oxygens (including phenoxy) is 1. The number of rotatable bonds is 9. The maximum atomic E-state index is 15.1. The zero-order valence-corrected chi connectivity index (χ0v) is 36.6. The highest BCUT2D eigenvalue weighted by Gasteiger charge is 2.52. The van der Waals surface area contributed by atoms with Crippen LogP contribution >= 0.6 is 0 Å². The quantitative estimate of drug-likeness (QED) is 0.124. The lowest BCUT2D eigenvalue weighted by atomic mass is 9.84. The van der Waals surface area contributed by atoms with E-state index in [2.05, 4.69) is 36.6 Å². The second kappa shape index (κ2) is 18.8. The number of fused-ring (bicyclic) bond motifs is 6. The van der Waals surface area contributed by atoms with Gasteiger partial charge in [-0.1, -0.05) is 62.1 Å². The summed E-state index contributed by atoms with van der Waals surface area (Å²) in [4.78, 5) is 99.3. The van der Waals surface area contributed by atoms with Crippen LogP contribution < -0.4 is 26.6 Å². The van der Waals surface area contributed by atoms with Gasteiger partial charge < -0.3 is 51.1 Å². The third-order valence-corrected chi connectivity index (χ3v) is 14.6. The fourth-order valence-electron chi connectivity index (χ4n) is 11.3. The van der Waals surface area contributed by atoms with Gasteiger partial charge in [-0.15, -0.1) is 0 Å². The summed E-state index contributed by atoms with van der Waals surface area (Å²) in [6.07, 6.45) is 10.8. The molecule has 5 heterocycles. The number of nitrogens with one attached hydrogen (secondary N) is 7. The van der Waals surface area contributed by atoms with Crippen molar-refractivity contribution in [3.8, 4) is 0 Å². The van der Waals surface area contributed by atoms with Gasteiger partial charge in [-0.2, -0.15) is 0 Å². The maximum absolute atomic E-state index is 15.1. The third kappa shape index (κ3) is 8.61. The van der Waals surface area contributed by atoms with Crippen LogP contribution in [0, 0.1) is 5.92 Å². The van der Waals surface area contributed by atoms with Crippen molar-refractivity contribution in [2.24, 2.45) is 5.92 Å². The molecule has 2 aromatic heterocycles. The van der Waals surface area contributed by atoms with Gasteiger partial charge in [0.2, 0.25) is 35.4 Å². The highest BCUT2D eigenvalue weighted by Crippen LogP contribution is 2.41. The molecule has 0 bridgehead atoms. The van der Waals surface area contributed by atoms with Crippen LogP contribution in [0.15, 0.2) is 60.9 Å². The van der Waals surface area contributed by atoms with Crippen LogP contribution in [0.2, 0.25) is 0 Å². The third-order valence-electron chi connectivity index (χ3n) is 14.6. The van der Waals surface area contributed by atoms with Crippen LogP contribution in [-0.4, -0.2) is 130 Å². The van der Waals surface area contributed by atoms with Crippen LogP contribution in [0.4, 0.5) is 0 Å². The van der Waals surface area contributed by atoms with Crippen molar-refractivity contribution < 1.29 is 33.5 Å². The van der Waals surface area contributed by atoms with Crippen LogP contribution in [0.25, 0.3) is 21.8 Å². The van der Waals surface area contributed by atoms with E-state index in [1.807, 2.05) is 60.9 Å². The van der Waals surface area contributed by atoms with E-state index >= 15 is 4.79 Å². The average Bonchev–Trinajstić information content (AvgIpc) is 4.17. The highest BCUT2D eigenvalue weighted by atomic mass is 16.5. The monoisotopic (exact) mass is 875 g/mol. The normalized spacial score (nSPS) is 28.0. The van der Waals surface area contributed by atoms with Crippen molar-refractivity contribution in [3.63, 3.8) is 0 Å². The van der Waals surface area contributed by atoms with E-state index in [9.17, 15) is 24.0 Å². The van der Waals surface area contributed by atoms with E-state index < -0.39 is 65.3 Å². The highest BCUT2D eigenvalue weighted by molar-refractivity contribution is 6.00. The number of benzene rings is 2. The number of aromatic amines is 2. The summed E-state index contributed by atoms with van der Waals surface area (Å²) in [5.74, 6) is -2.59. The first-order valence-corrected chi connectivity index (χ1v) is 23.3. The van der Waals surface area contributed by atoms with Crippen molar-refractivity contribution in [2.45, 2.75) is 125 Å². The first-order chi connectivity index (χ1) is 31.1. The standard InChI is InChI=1S/C48H61N9O7/c1-64-22-20-49-28-38-45(61)56-21-10-17-40(56)46(62)57-39-16-7-2-11-29(39)25-41(57)44(60)52-37(24-31-27-51-35-15-6-4-13-33(31)35)43(59)55-48(18-8-9-19-48)47(63)54-36(42(58)53-38)23-30-26-50-34-14-5-3-12-32(30)34/h3-6,12-15,26-27,29,36-41,49-51H,2,7-11,16-25,28H2,1H3,(H,52,60)(H,53,58)(H,54,63)(H,55,59). The number of hydrogen-bond donors (Lipinski definition) is 7. The molecule has 4 aromatic rings. The smallest absolute Gasteiger partial charge is 0.247 e. The van der Waals surface area contributed by atoms with E-state index in [1.54, 1.807) is 16.9 Å². The molecule has 7 N–H and O–H groups in total. The van der Waals surface area contributed by atoms with E-state index in [1.165, 1.54) is 0 Å². The summed E-state index contributed by atoms with van der Waals surface area (Å²) >= 11 is 0. The van der Waals surface area contributed by atoms with Gasteiger partial charge in [0, 0.05) is 79.8 Å². The molecule has 2 saturated carbocycles. The minimum absolute atomic E-state index is 0.0519. The molecule has 1 spiro atoms. The number of carbonyl (C=O) groups excluding carboxylic acids is 6. The molecule has 6 amide bonds. The molecule has 3 saturated heterocycles. The molecular formula is C48H61N9O7.